The number of hydrogen-bond donors (Lipinski definition) is 0. The molecule has 2 rings (SSSR count). The van der Waals surface area contributed by atoms with E-state index in [2.05, 4.69) is 23.1 Å². The Bertz CT molecular complexity index is 209. The normalized spacial score (nSPS) is 23.5. The summed E-state index contributed by atoms with van der Waals surface area (Å²) in [4.78, 5) is 2.61. The smallest absolute Gasteiger partial charge is 0.00188 e. The summed E-state index contributed by atoms with van der Waals surface area (Å²) in [5.41, 5.74) is 1.62. The minimum absolute atomic E-state index is 1.20. The molecule has 72 valence electrons. The first-order valence-electron chi connectivity index (χ1n) is 5.52. The van der Waals surface area contributed by atoms with Gasteiger partial charge in [-0.15, -0.1) is 0 Å². The minimum atomic E-state index is 1.20. The van der Waals surface area contributed by atoms with Gasteiger partial charge in [0.2, 0.25) is 0 Å². The van der Waals surface area contributed by atoms with E-state index in [1.54, 1.807) is 5.57 Å². The third kappa shape index (κ3) is 2.70. The second-order valence-electron chi connectivity index (χ2n) is 4.11. The Morgan fingerprint density at radius 1 is 1.15 bits per heavy atom. The zero-order valence-electron chi connectivity index (χ0n) is 8.34. The number of piperidine rings is 1. The highest BCUT2D eigenvalue weighted by Crippen LogP contribution is 2.16. The molecular formula is C12H19N. The van der Waals surface area contributed by atoms with Crippen molar-refractivity contribution in [2.24, 2.45) is 0 Å². The van der Waals surface area contributed by atoms with Crippen molar-refractivity contribution in [1.82, 2.24) is 4.90 Å². The summed E-state index contributed by atoms with van der Waals surface area (Å²) in [6.07, 6.45) is 13.5. The SMILES string of the molecule is C1=CCC(CCN2CCCCC2)=C1. The Balaban J connectivity index is 1.66. The van der Waals surface area contributed by atoms with Crippen LogP contribution in [0, 0.1) is 0 Å². The predicted octanol–water partition coefficient (Wildman–Crippen LogP) is 2.75. The first-order valence-corrected chi connectivity index (χ1v) is 5.52. The molecule has 13 heavy (non-hydrogen) atoms. The molecule has 0 unspecified atom stereocenters. The van der Waals surface area contributed by atoms with Crippen LogP contribution in [-0.4, -0.2) is 24.5 Å². The molecule has 0 aromatic rings. The van der Waals surface area contributed by atoms with E-state index in [-0.39, 0.29) is 0 Å². The van der Waals surface area contributed by atoms with E-state index in [9.17, 15) is 0 Å². The largest absolute Gasteiger partial charge is 0.303 e. The molecule has 0 bridgehead atoms. The highest BCUT2D eigenvalue weighted by atomic mass is 15.1. The van der Waals surface area contributed by atoms with E-state index in [1.165, 1.54) is 51.7 Å². The van der Waals surface area contributed by atoms with Crippen LogP contribution in [0.25, 0.3) is 0 Å². The molecule has 0 amide bonds. The average molecular weight is 177 g/mol. The average Bonchev–Trinajstić information content (AvgIpc) is 2.69. The highest BCUT2D eigenvalue weighted by Gasteiger charge is 2.10. The lowest BCUT2D eigenvalue weighted by atomic mass is 10.1. The molecule has 0 aromatic carbocycles. The zero-order valence-corrected chi connectivity index (χ0v) is 8.34. The van der Waals surface area contributed by atoms with Crippen LogP contribution in [0.1, 0.15) is 32.1 Å². The van der Waals surface area contributed by atoms with E-state index < -0.39 is 0 Å². The van der Waals surface area contributed by atoms with Gasteiger partial charge in [-0.25, -0.2) is 0 Å². The molecule has 1 aliphatic carbocycles. The lowest BCUT2D eigenvalue weighted by molar-refractivity contribution is 0.231. The van der Waals surface area contributed by atoms with Crippen molar-refractivity contribution in [2.45, 2.75) is 32.1 Å². The van der Waals surface area contributed by atoms with Crippen molar-refractivity contribution in [3.8, 4) is 0 Å². The summed E-state index contributed by atoms with van der Waals surface area (Å²) in [7, 11) is 0. The van der Waals surface area contributed by atoms with Gasteiger partial charge in [-0.1, -0.05) is 30.2 Å². The van der Waals surface area contributed by atoms with Crippen LogP contribution in [0.15, 0.2) is 23.8 Å². The van der Waals surface area contributed by atoms with E-state index in [1.807, 2.05) is 0 Å². The van der Waals surface area contributed by atoms with Crippen molar-refractivity contribution in [1.29, 1.82) is 0 Å². The quantitative estimate of drug-likeness (QED) is 0.640. The minimum Gasteiger partial charge on any atom is -0.303 e. The van der Waals surface area contributed by atoms with Crippen LogP contribution in [0.3, 0.4) is 0 Å². The predicted molar refractivity (Wildman–Crippen MR) is 56.7 cm³/mol. The van der Waals surface area contributed by atoms with Crippen molar-refractivity contribution < 1.29 is 0 Å². The maximum atomic E-state index is 2.61. The molecule has 1 nitrogen and oxygen atoms in total. The van der Waals surface area contributed by atoms with Gasteiger partial charge in [0.15, 0.2) is 0 Å². The topological polar surface area (TPSA) is 3.24 Å². The van der Waals surface area contributed by atoms with Gasteiger partial charge in [-0.2, -0.15) is 0 Å². The van der Waals surface area contributed by atoms with Gasteiger partial charge in [0.05, 0.1) is 0 Å². The van der Waals surface area contributed by atoms with Crippen molar-refractivity contribution in [2.75, 3.05) is 19.6 Å². The number of rotatable bonds is 3. The molecule has 0 aromatic heterocycles. The molecule has 2 aliphatic rings. The van der Waals surface area contributed by atoms with Gasteiger partial charge in [0.1, 0.15) is 0 Å². The monoisotopic (exact) mass is 177 g/mol. The van der Waals surface area contributed by atoms with Gasteiger partial charge >= 0.3 is 0 Å². The lowest BCUT2D eigenvalue weighted by Gasteiger charge is -2.26. The third-order valence-electron chi connectivity index (χ3n) is 3.05. The van der Waals surface area contributed by atoms with Gasteiger partial charge in [0, 0.05) is 6.54 Å². The first kappa shape index (κ1) is 9.01. The van der Waals surface area contributed by atoms with E-state index >= 15 is 0 Å². The molecule has 1 heterocycles. The summed E-state index contributed by atoms with van der Waals surface area (Å²) in [6.45, 7) is 3.95. The molecule has 0 N–H and O–H groups in total. The van der Waals surface area contributed by atoms with Crippen LogP contribution < -0.4 is 0 Å². The molecular weight excluding hydrogens is 158 g/mol. The molecule has 1 fully saturated rings. The van der Waals surface area contributed by atoms with Crippen LogP contribution in [0.4, 0.5) is 0 Å². The number of allylic oxidation sites excluding steroid dienone is 3. The molecule has 1 heteroatoms. The first-order chi connectivity index (χ1) is 6.45. The van der Waals surface area contributed by atoms with E-state index in [0.717, 1.165) is 0 Å². The molecule has 1 saturated heterocycles. The molecule has 0 spiro atoms. The number of nitrogens with zero attached hydrogens (tertiary/aromatic N) is 1. The Kier molecular flexibility index (Phi) is 3.20. The maximum absolute atomic E-state index is 2.61. The fourth-order valence-electron chi connectivity index (χ4n) is 2.16. The number of likely N-dealkylation sites (tertiary alicyclic amines) is 1. The zero-order chi connectivity index (χ0) is 8.93. The molecule has 0 atom stereocenters. The Hall–Kier alpha value is -0.560. The van der Waals surface area contributed by atoms with Crippen LogP contribution in [0.5, 0.6) is 0 Å². The van der Waals surface area contributed by atoms with Gasteiger partial charge in [-0.3, -0.25) is 0 Å². The summed E-state index contributed by atoms with van der Waals surface area (Å²) >= 11 is 0. The van der Waals surface area contributed by atoms with E-state index in [0.29, 0.717) is 0 Å². The summed E-state index contributed by atoms with van der Waals surface area (Å²) < 4.78 is 0. The van der Waals surface area contributed by atoms with Crippen molar-refractivity contribution >= 4 is 0 Å². The Labute approximate surface area is 81.1 Å². The van der Waals surface area contributed by atoms with Crippen molar-refractivity contribution in [3.63, 3.8) is 0 Å². The molecule has 0 saturated carbocycles. The third-order valence-corrected chi connectivity index (χ3v) is 3.05. The fourth-order valence-corrected chi connectivity index (χ4v) is 2.16. The second-order valence-corrected chi connectivity index (χ2v) is 4.11. The van der Waals surface area contributed by atoms with Gasteiger partial charge in [0.25, 0.3) is 0 Å². The Morgan fingerprint density at radius 3 is 2.69 bits per heavy atom. The van der Waals surface area contributed by atoms with Crippen LogP contribution in [0.2, 0.25) is 0 Å². The van der Waals surface area contributed by atoms with Crippen LogP contribution in [-0.2, 0) is 0 Å². The number of hydrogen-bond acceptors (Lipinski definition) is 1. The molecule has 1 aliphatic heterocycles. The Morgan fingerprint density at radius 2 is 2.00 bits per heavy atom. The van der Waals surface area contributed by atoms with Crippen LogP contribution >= 0.6 is 0 Å². The summed E-state index contributed by atoms with van der Waals surface area (Å²) in [6, 6.07) is 0. The second kappa shape index (κ2) is 4.61. The summed E-state index contributed by atoms with van der Waals surface area (Å²) in [5.74, 6) is 0. The van der Waals surface area contributed by atoms with E-state index in [4.69, 9.17) is 0 Å². The summed E-state index contributed by atoms with van der Waals surface area (Å²) in [5, 5.41) is 0. The van der Waals surface area contributed by atoms with Crippen molar-refractivity contribution in [3.05, 3.63) is 23.8 Å². The molecule has 0 radical (unpaired) electrons. The standard InChI is InChI=1S/C12H19N/c1-4-9-13(10-5-1)11-8-12-6-2-3-7-12/h2-3,6H,1,4-5,7-11H2. The lowest BCUT2D eigenvalue weighted by Crippen LogP contribution is -2.30. The highest BCUT2D eigenvalue weighted by molar-refractivity contribution is 5.22. The fraction of sp³-hybridized carbons (Fsp3) is 0.667. The van der Waals surface area contributed by atoms with Gasteiger partial charge < -0.3 is 4.90 Å². The maximum Gasteiger partial charge on any atom is 0.00188 e. The van der Waals surface area contributed by atoms with Gasteiger partial charge in [-0.05, 0) is 38.8 Å².